The topological polar surface area (TPSA) is 64.7 Å². The second-order valence-corrected chi connectivity index (χ2v) is 6.19. The predicted octanol–water partition coefficient (Wildman–Crippen LogP) is 0.367. The van der Waals surface area contributed by atoms with E-state index in [2.05, 4.69) is 15.5 Å². The zero-order valence-corrected chi connectivity index (χ0v) is 14.2. The lowest BCUT2D eigenvalue weighted by atomic mass is 10.1. The number of nitrogens with one attached hydrogen (secondary N) is 2. The van der Waals surface area contributed by atoms with Crippen LogP contribution in [0.15, 0.2) is 24.3 Å². The lowest BCUT2D eigenvalue weighted by Crippen LogP contribution is -2.48. The van der Waals surface area contributed by atoms with Crippen molar-refractivity contribution in [3.8, 4) is 0 Å². The van der Waals surface area contributed by atoms with Crippen LogP contribution in [-0.2, 0) is 9.59 Å². The van der Waals surface area contributed by atoms with Crippen LogP contribution < -0.4 is 10.6 Å². The summed E-state index contributed by atoms with van der Waals surface area (Å²) >= 11 is 0. The molecule has 7 heteroatoms. The Hall–Kier alpha value is -1.99. The molecule has 0 aliphatic carbocycles. The summed E-state index contributed by atoms with van der Waals surface area (Å²) in [5.41, 5.74) is 0.630. The molecule has 1 fully saturated rings. The lowest BCUT2D eigenvalue weighted by molar-refractivity contribution is -0.126. The Bertz CT molecular complexity index is 579. The van der Waals surface area contributed by atoms with Crippen molar-refractivity contribution in [1.82, 2.24) is 20.4 Å². The summed E-state index contributed by atoms with van der Waals surface area (Å²) in [5.74, 6) is -0.457. The van der Waals surface area contributed by atoms with E-state index < -0.39 is 6.04 Å². The zero-order chi connectivity index (χ0) is 17.5. The average molecular weight is 336 g/mol. The van der Waals surface area contributed by atoms with E-state index >= 15 is 0 Å². The summed E-state index contributed by atoms with van der Waals surface area (Å²) < 4.78 is 13.4. The van der Waals surface area contributed by atoms with Gasteiger partial charge in [-0.3, -0.25) is 19.4 Å². The zero-order valence-electron chi connectivity index (χ0n) is 14.2. The first-order valence-electron chi connectivity index (χ1n) is 8.16. The Balaban J connectivity index is 1.82. The van der Waals surface area contributed by atoms with Gasteiger partial charge in [-0.1, -0.05) is 12.1 Å². The van der Waals surface area contributed by atoms with Gasteiger partial charge in [-0.25, -0.2) is 4.39 Å². The lowest BCUT2D eigenvalue weighted by Gasteiger charge is -2.27. The summed E-state index contributed by atoms with van der Waals surface area (Å²) in [4.78, 5) is 27.6. The smallest absolute Gasteiger partial charge is 0.241 e. The van der Waals surface area contributed by atoms with Crippen molar-refractivity contribution in [2.24, 2.45) is 0 Å². The number of carbonyl (C=O) groups is 2. The van der Waals surface area contributed by atoms with Crippen LogP contribution in [0.5, 0.6) is 0 Å². The maximum absolute atomic E-state index is 13.4. The van der Waals surface area contributed by atoms with Gasteiger partial charge in [0.05, 0.1) is 6.54 Å². The van der Waals surface area contributed by atoms with Crippen molar-refractivity contribution < 1.29 is 14.0 Å². The highest BCUT2D eigenvalue weighted by atomic mass is 19.1. The molecular weight excluding hydrogens is 311 g/mol. The molecule has 0 aromatic heterocycles. The minimum absolute atomic E-state index is 0.0454. The molecular formula is C17H25FN4O2. The van der Waals surface area contributed by atoms with Gasteiger partial charge in [-0.15, -0.1) is 0 Å². The number of rotatable bonds is 7. The summed E-state index contributed by atoms with van der Waals surface area (Å²) in [6.45, 7) is 3.21. The minimum atomic E-state index is -0.526. The molecule has 2 N–H and O–H groups in total. The Morgan fingerprint density at radius 3 is 2.92 bits per heavy atom. The van der Waals surface area contributed by atoms with Crippen molar-refractivity contribution in [3.05, 3.63) is 35.6 Å². The van der Waals surface area contributed by atoms with Crippen LogP contribution >= 0.6 is 0 Å². The van der Waals surface area contributed by atoms with Crippen LogP contribution in [0, 0.1) is 5.82 Å². The number of hydrogen-bond acceptors (Lipinski definition) is 4. The standard InChI is InChI=1S/C17H25FN4O2/c1-21(2)16(13-5-3-6-14(18)11-13)17(24)20-7-4-9-22-10-8-19-15(23)12-22/h3,5-6,11,16H,4,7-10,12H2,1-2H3,(H,19,23)(H,20,24)/t16-/m0/s1. The molecule has 1 aromatic carbocycles. The number of hydrogen-bond donors (Lipinski definition) is 2. The summed E-state index contributed by atoms with van der Waals surface area (Å²) in [6.07, 6.45) is 0.766. The number of amides is 2. The molecule has 1 heterocycles. The number of benzene rings is 1. The number of likely N-dealkylation sites (N-methyl/N-ethyl adjacent to an activating group) is 1. The number of piperazine rings is 1. The third-order valence-corrected chi connectivity index (χ3v) is 4.00. The van der Waals surface area contributed by atoms with E-state index in [1.54, 1.807) is 31.1 Å². The maximum Gasteiger partial charge on any atom is 0.241 e. The minimum Gasteiger partial charge on any atom is -0.354 e. The number of carbonyl (C=O) groups excluding carboxylic acids is 2. The predicted molar refractivity (Wildman–Crippen MR) is 89.9 cm³/mol. The van der Waals surface area contributed by atoms with Gasteiger partial charge in [0.2, 0.25) is 11.8 Å². The van der Waals surface area contributed by atoms with Crippen LogP contribution in [-0.4, -0.2) is 68.4 Å². The van der Waals surface area contributed by atoms with Crippen LogP contribution in [0.25, 0.3) is 0 Å². The molecule has 0 saturated carbocycles. The van der Waals surface area contributed by atoms with Gasteiger partial charge in [0.15, 0.2) is 0 Å². The van der Waals surface area contributed by atoms with Crippen molar-refractivity contribution in [2.45, 2.75) is 12.5 Å². The first kappa shape index (κ1) is 18.4. The van der Waals surface area contributed by atoms with Gasteiger partial charge in [0.25, 0.3) is 0 Å². The summed E-state index contributed by atoms with van der Waals surface area (Å²) in [5, 5.41) is 5.69. The summed E-state index contributed by atoms with van der Waals surface area (Å²) in [6, 6.07) is 5.58. The molecule has 1 aliphatic heterocycles. The molecule has 1 aliphatic rings. The number of nitrogens with zero attached hydrogens (tertiary/aromatic N) is 2. The third kappa shape index (κ3) is 5.28. The third-order valence-electron chi connectivity index (χ3n) is 4.00. The van der Waals surface area contributed by atoms with Gasteiger partial charge in [0, 0.05) is 26.2 Å². The largest absolute Gasteiger partial charge is 0.354 e. The molecule has 132 valence electrons. The Kier molecular flexibility index (Phi) is 6.69. The Morgan fingerprint density at radius 2 is 2.25 bits per heavy atom. The Labute approximate surface area is 142 Å². The quantitative estimate of drug-likeness (QED) is 0.706. The van der Waals surface area contributed by atoms with Gasteiger partial charge in [0.1, 0.15) is 11.9 Å². The van der Waals surface area contributed by atoms with Crippen LogP contribution in [0.4, 0.5) is 4.39 Å². The normalized spacial score (nSPS) is 16.8. The van der Waals surface area contributed by atoms with Crippen LogP contribution in [0.3, 0.4) is 0 Å². The molecule has 0 spiro atoms. The van der Waals surface area contributed by atoms with E-state index in [1.807, 2.05) is 0 Å². The van der Waals surface area contributed by atoms with Crippen molar-refractivity contribution in [3.63, 3.8) is 0 Å². The first-order chi connectivity index (χ1) is 11.5. The molecule has 1 atom stereocenters. The molecule has 24 heavy (non-hydrogen) atoms. The van der Waals surface area contributed by atoms with Crippen LogP contribution in [0.1, 0.15) is 18.0 Å². The van der Waals surface area contributed by atoms with E-state index in [0.717, 1.165) is 19.5 Å². The average Bonchev–Trinajstić information content (AvgIpc) is 2.51. The van der Waals surface area contributed by atoms with E-state index in [1.165, 1.54) is 12.1 Å². The molecule has 1 saturated heterocycles. The Morgan fingerprint density at radius 1 is 1.46 bits per heavy atom. The number of halogens is 1. The molecule has 2 amide bonds. The van der Waals surface area contributed by atoms with Crippen molar-refractivity contribution in [1.29, 1.82) is 0 Å². The fraction of sp³-hybridized carbons (Fsp3) is 0.529. The van der Waals surface area contributed by atoms with E-state index in [-0.39, 0.29) is 17.6 Å². The summed E-state index contributed by atoms with van der Waals surface area (Å²) in [7, 11) is 3.59. The maximum atomic E-state index is 13.4. The van der Waals surface area contributed by atoms with Gasteiger partial charge in [-0.05, 0) is 38.2 Å². The van der Waals surface area contributed by atoms with Gasteiger partial charge >= 0.3 is 0 Å². The molecule has 1 aromatic rings. The monoisotopic (exact) mass is 336 g/mol. The highest BCUT2D eigenvalue weighted by Crippen LogP contribution is 2.19. The first-order valence-corrected chi connectivity index (χ1v) is 8.16. The fourth-order valence-electron chi connectivity index (χ4n) is 2.85. The van der Waals surface area contributed by atoms with Gasteiger partial charge < -0.3 is 10.6 Å². The molecule has 6 nitrogen and oxygen atoms in total. The van der Waals surface area contributed by atoms with Crippen LogP contribution in [0.2, 0.25) is 0 Å². The fourth-order valence-corrected chi connectivity index (χ4v) is 2.85. The molecule has 2 rings (SSSR count). The van der Waals surface area contributed by atoms with Gasteiger partial charge in [-0.2, -0.15) is 0 Å². The van der Waals surface area contributed by atoms with E-state index in [9.17, 15) is 14.0 Å². The highest BCUT2D eigenvalue weighted by molar-refractivity contribution is 5.83. The highest BCUT2D eigenvalue weighted by Gasteiger charge is 2.23. The second kappa shape index (κ2) is 8.75. The molecule has 0 radical (unpaired) electrons. The SMILES string of the molecule is CN(C)[C@H](C(=O)NCCCN1CCNC(=O)C1)c1cccc(F)c1. The van der Waals surface area contributed by atoms with Crippen molar-refractivity contribution in [2.75, 3.05) is 46.8 Å². The molecule has 0 bridgehead atoms. The second-order valence-electron chi connectivity index (χ2n) is 6.19. The van der Waals surface area contributed by atoms with E-state index in [4.69, 9.17) is 0 Å². The molecule has 0 unspecified atom stereocenters. The van der Waals surface area contributed by atoms with E-state index in [0.29, 0.717) is 25.2 Å². The van der Waals surface area contributed by atoms with Crippen molar-refractivity contribution >= 4 is 11.8 Å².